The van der Waals surface area contributed by atoms with Crippen LogP contribution in [0.2, 0.25) is 0 Å². The second-order valence-electron chi connectivity index (χ2n) is 4.35. The van der Waals surface area contributed by atoms with E-state index in [0.29, 0.717) is 0 Å². The van der Waals surface area contributed by atoms with Crippen molar-refractivity contribution in [2.75, 3.05) is 13.1 Å². The smallest absolute Gasteiger partial charge is 0.279 e. The molecule has 0 atom stereocenters. The van der Waals surface area contributed by atoms with Crippen LogP contribution in [0.3, 0.4) is 0 Å². The van der Waals surface area contributed by atoms with Crippen LogP contribution in [-0.2, 0) is 0 Å². The molecule has 21 nitrogen and oxygen atoms in total. The van der Waals surface area contributed by atoms with E-state index < -0.39 is 65.1 Å². The van der Waals surface area contributed by atoms with Crippen molar-refractivity contribution in [1.29, 1.82) is 0 Å². The van der Waals surface area contributed by atoms with Crippen LogP contribution in [-0.4, -0.2) is 65.1 Å². The zero-order valence-electron chi connectivity index (χ0n) is 12.2. The van der Waals surface area contributed by atoms with Crippen molar-refractivity contribution >= 4 is 6.03 Å². The van der Waals surface area contributed by atoms with Gasteiger partial charge in [-0.25, -0.2) is 4.79 Å². The van der Waals surface area contributed by atoms with Crippen LogP contribution in [0.5, 0.6) is 0 Å². The lowest BCUT2D eigenvalue weighted by Gasteiger charge is -2.20. The van der Waals surface area contributed by atoms with Crippen LogP contribution in [0, 0.1) is 60.7 Å². The molecule has 0 aromatic heterocycles. The van der Waals surface area contributed by atoms with E-state index in [-0.39, 0.29) is 5.54 Å². The van der Waals surface area contributed by atoms with Gasteiger partial charge in [0.1, 0.15) is 0 Å². The Kier molecular flexibility index (Phi) is 6.41. The molecular formula is C5H5FN8O13. The van der Waals surface area contributed by atoms with Gasteiger partial charge in [-0.05, 0) is 0 Å². The van der Waals surface area contributed by atoms with Gasteiger partial charge >= 0.3 is 17.6 Å². The summed E-state index contributed by atoms with van der Waals surface area (Å²) in [4.78, 5) is 62.0. The highest BCUT2D eigenvalue weighted by Gasteiger charge is 2.76. The fourth-order valence-corrected chi connectivity index (χ4v) is 1.52. The number of amides is 2. The first-order valence-electron chi connectivity index (χ1n) is 5.74. The zero-order valence-corrected chi connectivity index (χ0v) is 12.2. The lowest BCUT2D eigenvalue weighted by molar-refractivity contribution is -0.974. The number of nitro groups is 6. The summed E-state index contributed by atoms with van der Waals surface area (Å²) in [5.41, 5.74) is 0.0952. The van der Waals surface area contributed by atoms with E-state index in [4.69, 9.17) is 0 Å². The van der Waals surface area contributed by atoms with Crippen LogP contribution < -0.4 is 5.54 Å². The molecule has 0 aliphatic carbocycles. The van der Waals surface area contributed by atoms with Crippen molar-refractivity contribution in [2.24, 2.45) is 0 Å². The summed E-state index contributed by atoms with van der Waals surface area (Å²) in [6.45, 7) is -4.87. The number of carbonyl (C=O) groups excluding carboxylic acids is 1. The topological polar surface area (TPSA) is 291 Å². The number of nitrogens with one attached hydrogen (secondary N) is 1. The van der Waals surface area contributed by atoms with Gasteiger partial charge in [0, 0.05) is 0 Å². The van der Waals surface area contributed by atoms with E-state index in [2.05, 4.69) is 0 Å². The minimum Gasteiger partial charge on any atom is -0.279 e. The molecule has 0 heterocycles. The Morgan fingerprint density at radius 2 is 0.926 bits per heavy atom. The molecule has 0 spiro atoms. The van der Waals surface area contributed by atoms with Crippen LogP contribution >= 0.6 is 0 Å². The molecule has 0 bridgehead atoms. The maximum absolute atomic E-state index is 12.3. The van der Waals surface area contributed by atoms with Crippen molar-refractivity contribution in [1.82, 2.24) is 10.4 Å². The molecule has 150 valence electrons. The fraction of sp³-hybridized carbons (Fsp3) is 0.800. The molecule has 22 heteroatoms. The number of hydrogen-bond acceptors (Lipinski definition) is 13. The summed E-state index contributed by atoms with van der Waals surface area (Å²) in [6, 6.07) is -2.43. The number of urea groups is 1. The summed E-state index contributed by atoms with van der Waals surface area (Å²) in [5, 5.41) is 64.7. The SMILES string of the molecule is O=C(NF)N(CC([N+](=O)[O-])([N+](=O)[O-])[N+](=O)[O-])CC([N+](=O)[O-])([N+](=O)[O-])[N+](=O)[O-]. The van der Waals surface area contributed by atoms with E-state index in [9.17, 15) is 70.0 Å². The second kappa shape index (κ2) is 7.66. The largest absolute Gasteiger partial charge is 0.717 e. The fourth-order valence-electron chi connectivity index (χ4n) is 1.52. The molecule has 0 saturated carbocycles. The molecule has 27 heavy (non-hydrogen) atoms. The Morgan fingerprint density at radius 3 is 1.07 bits per heavy atom. The second-order valence-corrected chi connectivity index (χ2v) is 4.35. The standard InChI is InChI=1S/C5H5FN8O13/c6-7-3(15)8(1-4(9(16)17,10(18)19)11(20)21)2-5(12(22)23,13(24)25)14(26)27/h1-2H2,(H,7,15). The number of hydrogen-bond donors (Lipinski definition) is 1. The minimum absolute atomic E-state index is 0.0952. The maximum Gasteiger partial charge on any atom is 0.717 e. The van der Waals surface area contributed by atoms with Crippen LogP contribution in [0.25, 0.3) is 0 Å². The maximum atomic E-state index is 12.3. The Bertz CT molecular complexity index is 597. The van der Waals surface area contributed by atoms with Crippen LogP contribution in [0.15, 0.2) is 0 Å². The lowest BCUT2D eigenvalue weighted by atomic mass is 10.2. The molecule has 0 saturated heterocycles. The first-order chi connectivity index (χ1) is 12.2. The average Bonchev–Trinajstić information content (AvgIpc) is 2.52. The molecule has 0 aliphatic rings. The molecule has 0 rings (SSSR count). The average molecular weight is 404 g/mol. The van der Waals surface area contributed by atoms with E-state index in [1.165, 1.54) is 0 Å². The number of carbonyl (C=O) groups is 1. The highest BCUT2D eigenvalue weighted by atomic mass is 19.2. The first kappa shape index (κ1) is 22.6. The van der Waals surface area contributed by atoms with Crippen molar-refractivity contribution < 1.29 is 38.8 Å². The first-order valence-corrected chi connectivity index (χ1v) is 5.74. The third-order valence-electron chi connectivity index (χ3n) is 2.93. The Balaban J connectivity index is 6.49. The number of nitrogens with zero attached hydrogens (tertiary/aromatic N) is 7. The quantitative estimate of drug-likeness (QED) is 0.176. The van der Waals surface area contributed by atoms with Crippen LogP contribution in [0.4, 0.5) is 9.28 Å². The highest BCUT2D eigenvalue weighted by Crippen LogP contribution is 2.20. The van der Waals surface area contributed by atoms with Crippen molar-refractivity contribution in [2.45, 2.75) is 11.6 Å². The highest BCUT2D eigenvalue weighted by molar-refractivity contribution is 5.73. The molecule has 0 fully saturated rings. The summed E-state index contributed by atoms with van der Waals surface area (Å²) < 4.78 is 12.3. The molecule has 2 amide bonds. The molecule has 0 aromatic rings. The van der Waals surface area contributed by atoms with Gasteiger partial charge in [-0.2, -0.15) is 5.54 Å². The van der Waals surface area contributed by atoms with Gasteiger partial charge in [0.05, 0.1) is 0 Å². The van der Waals surface area contributed by atoms with Gasteiger partial charge in [-0.3, -0.25) is 65.6 Å². The number of rotatable bonds is 10. The van der Waals surface area contributed by atoms with E-state index in [0.717, 1.165) is 0 Å². The van der Waals surface area contributed by atoms with Crippen molar-refractivity contribution in [3.05, 3.63) is 60.7 Å². The van der Waals surface area contributed by atoms with E-state index in [1.54, 1.807) is 0 Å². The van der Waals surface area contributed by atoms with Gasteiger partial charge < -0.3 is 0 Å². The lowest BCUT2D eigenvalue weighted by Crippen LogP contribution is -2.66. The Hall–Kier alpha value is -4.40. The Labute approximate surface area is 142 Å². The molecule has 0 radical (unpaired) electrons. The summed E-state index contributed by atoms with van der Waals surface area (Å²) >= 11 is 0. The van der Waals surface area contributed by atoms with Gasteiger partial charge in [-0.1, -0.05) is 4.48 Å². The predicted molar refractivity (Wildman–Crippen MR) is 68.6 cm³/mol. The van der Waals surface area contributed by atoms with Crippen LogP contribution in [0.1, 0.15) is 0 Å². The summed E-state index contributed by atoms with van der Waals surface area (Å²) in [7, 11) is 0. The molecular weight excluding hydrogens is 399 g/mol. The molecule has 0 aromatic carbocycles. The normalized spacial score (nSPS) is 11.1. The van der Waals surface area contributed by atoms with E-state index >= 15 is 0 Å². The molecule has 1 N–H and O–H groups in total. The van der Waals surface area contributed by atoms with Gasteiger partial charge in [0.2, 0.25) is 13.1 Å². The van der Waals surface area contributed by atoms with Gasteiger partial charge in [0.15, 0.2) is 29.5 Å². The minimum atomic E-state index is -4.57. The molecule has 0 aliphatic heterocycles. The summed E-state index contributed by atoms with van der Waals surface area (Å²) in [6.07, 6.45) is 0. The summed E-state index contributed by atoms with van der Waals surface area (Å²) in [5.74, 6) is -9.13. The van der Waals surface area contributed by atoms with Gasteiger partial charge in [0.25, 0.3) is 0 Å². The third-order valence-corrected chi connectivity index (χ3v) is 2.93. The molecule has 0 unspecified atom stereocenters. The van der Waals surface area contributed by atoms with Gasteiger partial charge in [-0.15, -0.1) is 0 Å². The van der Waals surface area contributed by atoms with Crippen molar-refractivity contribution in [3.8, 4) is 0 Å². The predicted octanol–water partition coefficient (Wildman–Crippen LogP) is -2.15. The van der Waals surface area contributed by atoms with E-state index in [1.807, 2.05) is 0 Å². The Morgan fingerprint density at radius 1 is 0.704 bits per heavy atom. The van der Waals surface area contributed by atoms with Crippen molar-refractivity contribution in [3.63, 3.8) is 0 Å². The zero-order chi connectivity index (χ0) is 21.7. The monoisotopic (exact) mass is 404 g/mol. The number of halogens is 1. The third kappa shape index (κ3) is 3.66.